The Balaban J connectivity index is 1.30. The molecule has 0 fully saturated rings. The lowest BCUT2D eigenvalue weighted by molar-refractivity contribution is -0.120. The number of amides is 1. The van der Waals surface area contributed by atoms with Gasteiger partial charge >= 0.3 is 0 Å². The lowest BCUT2D eigenvalue weighted by Crippen LogP contribution is -2.61. The maximum Gasteiger partial charge on any atom is 0.265 e. The molecule has 7 heteroatoms. The number of nitrogens with one attached hydrogen (secondary N) is 1. The van der Waals surface area contributed by atoms with Gasteiger partial charge in [0.2, 0.25) is 0 Å². The van der Waals surface area contributed by atoms with Crippen LogP contribution in [0.5, 0.6) is 0 Å². The molecule has 28 heavy (non-hydrogen) atoms. The molecule has 142 valence electrons. The van der Waals surface area contributed by atoms with Crippen molar-refractivity contribution in [2.45, 2.75) is 12.2 Å². The Bertz CT molecular complexity index is 975. The van der Waals surface area contributed by atoms with Crippen molar-refractivity contribution in [3.63, 3.8) is 0 Å². The molecule has 0 aliphatic carbocycles. The van der Waals surface area contributed by atoms with Crippen LogP contribution in [0.15, 0.2) is 64.4 Å². The topological polar surface area (TPSA) is 60.3 Å². The summed E-state index contributed by atoms with van der Waals surface area (Å²) in [5, 5.41) is 4.11. The standard InChI is InChI=1S/C21H20ClN5O/c22-17-5-3-15(4-6-17)16-7-10-26(11-8-16)13-18-12-24-21-19(2-1-9-23-21)25-20(28)14-27(18)21/h1-7,9,12,24H,8,10-11,13-14H2. The van der Waals surface area contributed by atoms with E-state index in [0.29, 0.717) is 5.71 Å². The van der Waals surface area contributed by atoms with E-state index in [0.717, 1.165) is 36.8 Å². The third kappa shape index (κ3) is 2.89. The highest BCUT2D eigenvalue weighted by Gasteiger charge is 2.49. The number of hydrogen-bond acceptors (Lipinski definition) is 5. The molecule has 6 nitrogen and oxygen atoms in total. The number of halogens is 1. The van der Waals surface area contributed by atoms with E-state index < -0.39 is 5.79 Å². The summed E-state index contributed by atoms with van der Waals surface area (Å²) in [6.07, 6.45) is 10.7. The van der Waals surface area contributed by atoms with Gasteiger partial charge in [-0.3, -0.25) is 9.69 Å². The number of carbonyl (C=O) groups excluding carboxylic acids is 1. The van der Waals surface area contributed by atoms with Gasteiger partial charge in [0, 0.05) is 42.8 Å². The van der Waals surface area contributed by atoms with E-state index in [-0.39, 0.29) is 12.5 Å². The van der Waals surface area contributed by atoms with Gasteiger partial charge in [0.25, 0.3) is 11.7 Å². The Morgan fingerprint density at radius 1 is 1.25 bits per heavy atom. The molecule has 4 aliphatic heterocycles. The summed E-state index contributed by atoms with van der Waals surface area (Å²) in [6, 6.07) is 8.02. The summed E-state index contributed by atoms with van der Waals surface area (Å²) in [7, 11) is 0. The van der Waals surface area contributed by atoms with Crippen molar-refractivity contribution < 1.29 is 4.79 Å². The minimum atomic E-state index is -0.752. The molecule has 1 aromatic rings. The van der Waals surface area contributed by atoms with Crippen molar-refractivity contribution in [3.05, 3.63) is 65.0 Å². The number of benzene rings is 1. The molecule has 1 N–H and O–H groups in total. The molecule has 4 aliphatic rings. The average Bonchev–Trinajstić information content (AvgIpc) is 3.05. The van der Waals surface area contributed by atoms with E-state index in [1.54, 1.807) is 6.21 Å². The molecular formula is C21H20ClN5O. The third-order valence-electron chi connectivity index (χ3n) is 5.57. The molecule has 4 heterocycles. The van der Waals surface area contributed by atoms with Crippen LogP contribution in [0.3, 0.4) is 0 Å². The lowest BCUT2D eigenvalue weighted by Gasteiger charge is -2.41. The minimum Gasteiger partial charge on any atom is -0.344 e. The zero-order valence-corrected chi connectivity index (χ0v) is 16.1. The first-order chi connectivity index (χ1) is 13.6. The maximum absolute atomic E-state index is 12.1. The number of rotatable bonds is 3. The molecule has 0 saturated carbocycles. The van der Waals surface area contributed by atoms with Crippen LogP contribution in [-0.2, 0) is 4.79 Å². The quantitative estimate of drug-likeness (QED) is 0.857. The van der Waals surface area contributed by atoms with E-state index in [1.807, 2.05) is 35.4 Å². The second-order valence-corrected chi connectivity index (χ2v) is 7.72. The van der Waals surface area contributed by atoms with E-state index >= 15 is 0 Å². The van der Waals surface area contributed by atoms with Crippen molar-refractivity contribution in [2.75, 3.05) is 26.2 Å². The highest BCUT2D eigenvalue weighted by Crippen LogP contribution is 2.33. The molecule has 1 amide bonds. The molecule has 0 aromatic heterocycles. The zero-order valence-electron chi connectivity index (χ0n) is 15.3. The first-order valence-electron chi connectivity index (χ1n) is 9.40. The molecule has 5 rings (SSSR count). The van der Waals surface area contributed by atoms with Crippen LogP contribution in [0.2, 0.25) is 5.02 Å². The van der Waals surface area contributed by atoms with Crippen LogP contribution >= 0.6 is 11.6 Å². The fourth-order valence-corrected chi connectivity index (χ4v) is 4.24. The van der Waals surface area contributed by atoms with Crippen LogP contribution in [0, 0.1) is 0 Å². The summed E-state index contributed by atoms with van der Waals surface area (Å²) in [4.78, 5) is 25.3. The Morgan fingerprint density at radius 2 is 2.11 bits per heavy atom. The normalized spacial score (nSPS) is 26.2. The Hall–Kier alpha value is -2.70. The molecule has 1 aromatic carbocycles. The van der Waals surface area contributed by atoms with Gasteiger partial charge in [0.1, 0.15) is 12.3 Å². The largest absolute Gasteiger partial charge is 0.344 e. The Labute approximate surface area is 168 Å². The van der Waals surface area contributed by atoms with Gasteiger partial charge in [0.05, 0.1) is 0 Å². The number of allylic oxidation sites excluding steroid dienone is 1. The predicted octanol–water partition coefficient (Wildman–Crippen LogP) is 2.45. The van der Waals surface area contributed by atoms with Gasteiger partial charge in [-0.15, -0.1) is 0 Å². The summed E-state index contributed by atoms with van der Waals surface area (Å²) in [6.45, 7) is 2.84. The number of nitrogens with zero attached hydrogens (tertiary/aromatic N) is 4. The van der Waals surface area contributed by atoms with Crippen molar-refractivity contribution in [2.24, 2.45) is 9.98 Å². The predicted molar refractivity (Wildman–Crippen MR) is 111 cm³/mol. The van der Waals surface area contributed by atoms with Gasteiger partial charge < -0.3 is 10.2 Å². The maximum atomic E-state index is 12.1. The molecule has 0 saturated heterocycles. The van der Waals surface area contributed by atoms with Gasteiger partial charge in [-0.25, -0.2) is 9.98 Å². The summed E-state index contributed by atoms with van der Waals surface area (Å²) in [5.74, 6) is -0.886. The highest BCUT2D eigenvalue weighted by atomic mass is 35.5. The van der Waals surface area contributed by atoms with Gasteiger partial charge in [-0.2, -0.15) is 0 Å². The fourth-order valence-electron chi connectivity index (χ4n) is 4.11. The van der Waals surface area contributed by atoms with Crippen molar-refractivity contribution >= 4 is 35.0 Å². The summed E-state index contributed by atoms with van der Waals surface area (Å²) >= 11 is 5.99. The number of hydrogen-bond donors (Lipinski definition) is 1. The molecule has 0 radical (unpaired) electrons. The van der Waals surface area contributed by atoms with Crippen LogP contribution in [0.25, 0.3) is 5.57 Å². The molecule has 1 atom stereocenters. The molecule has 1 unspecified atom stereocenters. The fraction of sp³-hybridized carbons (Fsp3) is 0.286. The number of dihydropyridines is 1. The van der Waals surface area contributed by atoms with Gasteiger partial charge in [0.15, 0.2) is 0 Å². The molecular weight excluding hydrogens is 374 g/mol. The second kappa shape index (κ2) is 6.72. The van der Waals surface area contributed by atoms with Gasteiger partial charge in [-0.05, 0) is 41.8 Å². The monoisotopic (exact) mass is 393 g/mol. The first-order valence-corrected chi connectivity index (χ1v) is 9.77. The molecule has 0 bridgehead atoms. The number of aliphatic imine (C=N–C) groups is 2. The zero-order chi connectivity index (χ0) is 19.1. The van der Waals surface area contributed by atoms with Crippen molar-refractivity contribution in [1.82, 2.24) is 15.1 Å². The van der Waals surface area contributed by atoms with Crippen LogP contribution < -0.4 is 5.32 Å². The summed E-state index contributed by atoms with van der Waals surface area (Å²) in [5.41, 5.74) is 4.31. The lowest BCUT2D eigenvalue weighted by atomic mass is 9.99. The second-order valence-electron chi connectivity index (χ2n) is 7.29. The van der Waals surface area contributed by atoms with E-state index in [1.165, 1.54) is 11.1 Å². The Kier molecular flexibility index (Phi) is 4.18. The highest BCUT2D eigenvalue weighted by molar-refractivity contribution is 6.30. The van der Waals surface area contributed by atoms with Gasteiger partial charge in [-0.1, -0.05) is 29.8 Å². The number of carbonyl (C=O) groups is 1. The average molecular weight is 394 g/mol. The SMILES string of the molecule is O=C1CN2C(CN3CC=C(c4ccc(Cl)cc4)CC3)=CNC23N=CC=CC3=N1. The van der Waals surface area contributed by atoms with E-state index in [2.05, 4.69) is 38.4 Å². The molecule has 1 spiro atoms. The van der Waals surface area contributed by atoms with Crippen LogP contribution in [-0.4, -0.2) is 59.6 Å². The van der Waals surface area contributed by atoms with Crippen molar-refractivity contribution in [1.29, 1.82) is 0 Å². The van der Waals surface area contributed by atoms with Crippen LogP contribution in [0.4, 0.5) is 0 Å². The minimum absolute atomic E-state index is 0.134. The Morgan fingerprint density at radius 3 is 2.89 bits per heavy atom. The first kappa shape index (κ1) is 17.4. The van der Waals surface area contributed by atoms with E-state index in [9.17, 15) is 4.79 Å². The smallest absolute Gasteiger partial charge is 0.265 e. The third-order valence-corrected chi connectivity index (χ3v) is 5.82. The van der Waals surface area contributed by atoms with Crippen LogP contribution in [0.1, 0.15) is 12.0 Å². The van der Waals surface area contributed by atoms with E-state index in [4.69, 9.17) is 11.6 Å². The summed E-state index contributed by atoms with van der Waals surface area (Å²) < 4.78 is 0. The van der Waals surface area contributed by atoms with Crippen molar-refractivity contribution in [3.8, 4) is 0 Å².